The van der Waals surface area contributed by atoms with E-state index in [-0.39, 0.29) is 11.6 Å². The average Bonchev–Trinajstić information content (AvgIpc) is 2.49. The summed E-state index contributed by atoms with van der Waals surface area (Å²) in [4.78, 5) is 2.04. The molecule has 0 amide bonds. The molecule has 0 heterocycles. The minimum Gasteiger partial charge on any atom is -0.378 e. The number of benzene rings is 2. The van der Waals surface area contributed by atoms with Gasteiger partial charge in [0, 0.05) is 31.5 Å². The Morgan fingerprint density at radius 2 is 1.81 bits per heavy atom. The van der Waals surface area contributed by atoms with Gasteiger partial charge in [0.05, 0.1) is 5.56 Å². The summed E-state index contributed by atoms with van der Waals surface area (Å²) in [7, 11) is 4.00. The first-order chi connectivity index (χ1) is 10.0. The van der Waals surface area contributed by atoms with E-state index in [1.807, 2.05) is 32.0 Å². The van der Waals surface area contributed by atoms with Crippen LogP contribution in [0.1, 0.15) is 24.1 Å². The molecule has 108 valence electrons. The second-order valence-electron chi connectivity index (χ2n) is 5.16. The first-order valence-corrected chi connectivity index (χ1v) is 6.74. The van der Waals surface area contributed by atoms with Crippen molar-refractivity contribution in [3.63, 3.8) is 0 Å². The first-order valence-electron chi connectivity index (χ1n) is 6.74. The smallest absolute Gasteiger partial charge is 0.141 e. The van der Waals surface area contributed by atoms with Crippen molar-refractivity contribution in [3.05, 3.63) is 59.4 Å². The summed E-state index contributed by atoms with van der Waals surface area (Å²) in [6, 6.07) is 14.6. The second kappa shape index (κ2) is 6.27. The van der Waals surface area contributed by atoms with E-state index in [1.54, 1.807) is 6.07 Å². The van der Waals surface area contributed by atoms with Crippen molar-refractivity contribution < 1.29 is 4.39 Å². The number of nitrogens with zero attached hydrogens (tertiary/aromatic N) is 2. The molecule has 0 radical (unpaired) electrons. The van der Waals surface area contributed by atoms with Gasteiger partial charge in [-0.05, 0) is 42.8 Å². The average molecular weight is 283 g/mol. The number of hydrogen-bond acceptors (Lipinski definition) is 3. The van der Waals surface area contributed by atoms with E-state index in [9.17, 15) is 4.39 Å². The van der Waals surface area contributed by atoms with E-state index >= 15 is 0 Å². The van der Waals surface area contributed by atoms with Crippen LogP contribution in [0.2, 0.25) is 0 Å². The van der Waals surface area contributed by atoms with E-state index < -0.39 is 5.82 Å². The van der Waals surface area contributed by atoms with Crippen molar-refractivity contribution in [2.75, 3.05) is 24.3 Å². The highest BCUT2D eigenvalue weighted by molar-refractivity contribution is 5.52. The number of halogens is 1. The zero-order valence-corrected chi connectivity index (χ0v) is 12.4. The van der Waals surface area contributed by atoms with E-state index in [2.05, 4.69) is 29.6 Å². The van der Waals surface area contributed by atoms with Crippen molar-refractivity contribution in [1.29, 1.82) is 5.26 Å². The molecule has 0 aliphatic carbocycles. The molecule has 0 fully saturated rings. The SMILES string of the molecule is CC(Nc1ccc(F)c(C#N)c1)c1ccc(N(C)C)cc1. The van der Waals surface area contributed by atoms with E-state index in [0.717, 1.165) is 16.9 Å². The van der Waals surface area contributed by atoms with Crippen LogP contribution in [0, 0.1) is 17.1 Å². The van der Waals surface area contributed by atoms with Gasteiger partial charge in [0.1, 0.15) is 11.9 Å². The van der Waals surface area contributed by atoms with Crippen LogP contribution in [0.4, 0.5) is 15.8 Å². The molecule has 21 heavy (non-hydrogen) atoms. The normalized spacial score (nSPS) is 11.6. The Hall–Kier alpha value is -2.54. The number of hydrogen-bond donors (Lipinski definition) is 1. The number of rotatable bonds is 4. The van der Waals surface area contributed by atoms with Crippen LogP contribution < -0.4 is 10.2 Å². The van der Waals surface area contributed by atoms with Gasteiger partial charge < -0.3 is 10.2 Å². The monoisotopic (exact) mass is 283 g/mol. The molecule has 2 aromatic carbocycles. The van der Waals surface area contributed by atoms with Gasteiger partial charge in [0.15, 0.2) is 0 Å². The minimum atomic E-state index is -0.494. The minimum absolute atomic E-state index is 0.0511. The Kier molecular flexibility index (Phi) is 4.44. The maximum absolute atomic E-state index is 13.3. The topological polar surface area (TPSA) is 39.1 Å². The quantitative estimate of drug-likeness (QED) is 0.923. The van der Waals surface area contributed by atoms with Gasteiger partial charge in [-0.3, -0.25) is 0 Å². The summed E-state index contributed by atoms with van der Waals surface area (Å²) in [5.74, 6) is -0.494. The summed E-state index contributed by atoms with van der Waals surface area (Å²) < 4.78 is 13.3. The van der Waals surface area contributed by atoms with Gasteiger partial charge in [0.25, 0.3) is 0 Å². The van der Waals surface area contributed by atoms with Crippen LogP contribution in [-0.2, 0) is 0 Å². The van der Waals surface area contributed by atoms with Crippen LogP contribution in [0.5, 0.6) is 0 Å². The Labute approximate surface area is 124 Å². The highest BCUT2D eigenvalue weighted by Crippen LogP contribution is 2.23. The van der Waals surface area contributed by atoms with Crippen LogP contribution in [-0.4, -0.2) is 14.1 Å². The number of anilines is 2. The van der Waals surface area contributed by atoms with Crippen molar-refractivity contribution >= 4 is 11.4 Å². The lowest BCUT2D eigenvalue weighted by Gasteiger charge is -2.18. The Morgan fingerprint density at radius 3 is 2.38 bits per heavy atom. The standard InChI is InChI=1S/C17H18FN3/c1-12(13-4-7-16(8-5-13)21(2)3)20-15-6-9-17(18)14(10-15)11-19/h4-10,12,20H,1-3H3. The maximum atomic E-state index is 13.3. The molecule has 2 aromatic rings. The van der Waals surface area contributed by atoms with Crippen LogP contribution in [0.3, 0.4) is 0 Å². The van der Waals surface area contributed by atoms with E-state index in [0.29, 0.717) is 0 Å². The molecule has 1 atom stereocenters. The Morgan fingerprint density at radius 1 is 1.14 bits per heavy atom. The van der Waals surface area contributed by atoms with Crippen molar-refractivity contribution in [2.45, 2.75) is 13.0 Å². The third-order valence-corrected chi connectivity index (χ3v) is 3.38. The molecule has 2 rings (SSSR count). The summed E-state index contributed by atoms with van der Waals surface area (Å²) >= 11 is 0. The molecule has 0 bridgehead atoms. The van der Waals surface area contributed by atoms with Gasteiger partial charge >= 0.3 is 0 Å². The second-order valence-corrected chi connectivity index (χ2v) is 5.16. The fourth-order valence-electron chi connectivity index (χ4n) is 2.10. The lowest BCUT2D eigenvalue weighted by atomic mass is 10.1. The summed E-state index contributed by atoms with van der Waals surface area (Å²) in [5.41, 5.74) is 3.05. The third kappa shape index (κ3) is 3.51. The molecule has 4 heteroatoms. The van der Waals surface area contributed by atoms with Gasteiger partial charge in [0.2, 0.25) is 0 Å². The summed E-state index contributed by atoms with van der Waals surface area (Å²) in [6.45, 7) is 2.03. The summed E-state index contributed by atoms with van der Waals surface area (Å²) in [6.07, 6.45) is 0. The summed E-state index contributed by atoms with van der Waals surface area (Å²) in [5, 5.41) is 12.1. The van der Waals surface area contributed by atoms with Crippen LogP contribution >= 0.6 is 0 Å². The molecule has 0 saturated carbocycles. The van der Waals surface area contributed by atoms with Crippen molar-refractivity contribution in [3.8, 4) is 6.07 Å². The molecular weight excluding hydrogens is 265 g/mol. The highest BCUT2D eigenvalue weighted by atomic mass is 19.1. The Bertz CT molecular complexity index is 657. The molecule has 0 aromatic heterocycles. The molecule has 0 aliphatic rings. The van der Waals surface area contributed by atoms with Gasteiger partial charge in [-0.1, -0.05) is 12.1 Å². The van der Waals surface area contributed by atoms with Crippen molar-refractivity contribution in [2.24, 2.45) is 0 Å². The van der Waals surface area contributed by atoms with E-state index in [1.165, 1.54) is 12.1 Å². The van der Waals surface area contributed by atoms with E-state index in [4.69, 9.17) is 5.26 Å². The molecular formula is C17H18FN3. The predicted molar refractivity (Wildman–Crippen MR) is 83.9 cm³/mol. The molecule has 3 nitrogen and oxygen atoms in total. The van der Waals surface area contributed by atoms with Gasteiger partial charge in [-0.2, -0.15) is 5.26 Å². The lowest BCUT2D eigenvalue weighted by Crippen LogP contribution is -2.10. The lowest BCUT2D eigenvalue weighted by molar-refractivity contribution is 0.624. The molecule has 0 saturated heterocycles. The third-order valence-electron chi connectivity index (χ3n) is 3.38. The molecule has 0 spiro atoms. The molecule has 0 aliphatic heterocycles. The van der Waals surface area contributed by atoms with Crippen LogP contribution in [0.25, 0.3) is 0 Å². The van der Waals surface area contributed by atoms with Gasteiger partial charge in [-0.15, -0.1) is 0 Å². The highest BCUT2D eigenvalue weighted by Gasteiger charge is 2.08. The number of nitrogens with one attached hydrogen (secondary N) is 1. The zero-order chi connectivity index (χ0) is 15.4. The first kappa shape index (κ1) is 14.9. The van der Waals surface area contributed by atoms with Gasteiger partial charge in [-0.25, -0.2) is 4.39 Å². The zero-order valence-electron chi connectivity index (χ0n) is 12.4. The maximum Gasteiger partial charge on any atom is 0.141 e. The van der Waals surface area contributed by atoms with Crippen molar-refractivity contribution in [1.82, 2.24) is 0 Å². The number of nitriles is 1. The fraction of sp³-hybridized carbons (Fsp3) is 0.235. The molecule has 1 unspecified atom stereocenters. The predicted octanol–water partition coefficient (Wildman–Crippen LogP) is 3.94. The largest absolute Gasteiger partial charge is 0.378 e. The van der Waals surface area contributed by atoms with Crippen LogP contribution in [0.15, 0.2) is 42.5 Å². The molecule has 1 N–H and O–H groups in total. The fourth-order valence-corrected chi connectivity index (χ4v) is 2.10. The Balaban J connectivity index is 2.14.